The van der Waals surface area contributed by atoms with E-state index in [0.717, 1.165) is 16.9 Å². The van der Waals surface area contributed by atoms with Gasteiger partial charge < -0.3 is 11.1 Å². The van der Waals surface area contributed by atoms with E-state index >= 15 is 0 Å². The Morgan fingerprint density at radius 2 is 2.00 bits per heavy atom. The summed E-state index contributed by atoms with van der Waals surface area (Å²) in [6.45, 7) is 3.02. The summed E-state index contributed by atoms with van der Waals surface area (Å²) < 4.78 is 1.12. The number of anilines is 1. The van der Waals surface area contributed by atoms with E-state index in [1.54, 1.807) is 0 Å². The minimum atomic E-state index is 0.0936. The van der Waals surface area contributed by atoms with Crippen molar-refractivity contribution in [1.82, 2.24) is 0 Å². The molecule has 0 heterocycles. The SMILES string of the molecule is CCCC1CCCC(CN)(Nc2ccc(Br)cc2)CC1. The van der Waals surface area contributed by atoms with E-state index in [-0.39, 0.29) is 5.54 Å². The van der Waals surface area contributed by atoms with Crippen LogP contribution in [0.3, 0.4) is 0 Å². The molecular formula is C17H27BrN2. The molecule has 2 rings (SSSR count). The molecule has 2 unspecified atom stereocenters. The van der Waals surface area contributed by atoms with Crippen LogP contribution in [0.1, 0.15) is 51.9 Å². The van der Waals surface area contributed by atoms with Gasteiger partial charge in [-0.25, -0.2) is 0 Å². The number of hydrogen-bond donors (Lipinski definition) is 2. The summed E-state index contributed by atoms with van der Waals surface area (Å²) in [4.78, 5) is 0. The van der Waals surface area contributed by atoms with Crippen LogP contribution >= 0.6 is 15.9 Å². The van der Waals surface area contributed by atoms with Crippen LogP contribution < -0.4 is 11.1 Å². The maximum Gasteiger partial charge on any atom is 0.0495 e. The van der Waals surface area contributed by atoms with Crippen LogP contribution in [0.5, 0.6) is 0 Å². The topological polar surface area (TPSA) is 38.0 Å². The molecule has 1 aliphatic rings. The standard InChI is InChI=1S/C17H27BrN2/c1-2-4-14-5-3-11-17(13-19,12-10-14)20-16-8-6-15(18)7-9-16/h6-9,14,20H,2-5,10-13,19H2,1H3. The second-order valence-electron chi connectivity index (χ2n) is 6.20. The van der Waals surface area contributed by atoms with Crippen LogP contribution in [0.25, 0.3) is 0 Å². The lowest BCUT2D eigenvalue weighted by Gasteiger charge is -2.34. The lowest BCUT2D eigenvalue weighted by atomic mass is 9.88. The molecule has 1 aliphatic carbocycles. The Kier molecular flexibility index (Phi) is 5.91. The second kappa shape index (κ2) is 7.46. The molecule has 2 atom stereocenters. The predicted molar refractivity (Wildman–Crippen MR) is 91.0 cm³/mol. The largest absolute Gasteiger partial charge is 0.378 e. The molecule has 1 aromatic carbocycles. The molecule has 1 aromatic rings. The average Bonchev–Trinajstić information content (AvgIpc) is 2.66. The molecule has 0 bridgehead atoms. The number of halogens is 1. The molecule has 0 aromatic heterocycles. The second-order valence-corrected chi connectivity index (χ2v) is 7.12. The van der Waals surface area contributed by atoms with Crippen molar-refractivity contribution in [3.05, 3.63) is 28.7 Å². The summed E-state index contributed by atoms with van der Waals surface area (Å²) in [5.74, 6) is 0.903. The highest BCUT2D eigenvalue weighted by atomic mass is 79.9. The number of nitrogens with one attached hydrogen (secondary N) is 1. The lowest BCUT2D eigenvalue weighted by molar-refractivity contribution is 0.390. The van der Waals surface area contributed by atoms with E-state index in [1.165, 1.54) is 50.6 Å². The number of nitrogens with two attached hydrogens (primary N) is 1. The van der Waals surface area contributed by atoms with Gasteiger partial charge in [-0.15, -0.1) is 0 Å². The molecule has 1 saturated carbocycles. The first-order chi connectivity index (χ1) is 9.67. The van der Waals surface area contributed by atoms with Gasteiger partial charge in [0.1, 0.15) is 0 Å². The van der Waals surface area contributed by atoms with Crippen LogP contribution in [-0.2, 0) is 0 Å². The Morgan fingerprint density at radius 1 is 1.25 bits per heavy atom. The van der Waals surface area contributed by atoms with E-state index in [0.29, 0.717) is 0 Å². The van der Waals surface area contributed by atoms with Gasteiger partial charge >= 0.3 is 0 Å². The van der Waals surface area contributed by atoms with Gasteiger partial charge in [-0.3, -0.25) is 0 Å². The zero-order chi connectivity index (χ0) is 14.4. The van der Waals surface area contributed by atoms with Crippen LogP contribution in [-0.4, -0.2) is 12.1 Å². The molecular weight excluding hydrogens is 312 g/mol. The highest BCUT2D eigenvalue weighted by Crippen LogP contribution is 2.34. The van der Waals surface area contributed by atoms with Gasteiger partial charge in [0.2, 0.25) is 0 Å². The molecule has 2 nitrogen and oxygen atoms in total. The molecule has 3 heteroatoms. The van der Waals surface area contributed by atoms with E-state index in [4.69, 9.17) is 5.73 Å². The first kappa shape index (κ1) is 15.8. The van der Waals surface area contributed by atoms with Crippen molar-refractivity contribution >= 4 is 21.6 Å². The van der Waals surface area contributed by atoms with Crippen molar-refractivity contribution in [2.45, 2.75) is 57.4 Å². The third-order valence-corrected chi connectivity index (χ3v) is 5.17. The maximum atomic E-state index is 6.13. The Morgan fingerprint density at radius 3 is 2.65 bits per heavy atom. The highest BCUT2D eigenvalue weighted by Gasteiger charge is 2.31. The van der Waals surface area contributed by atoms with Crippen LogP contribution in [0.15, 0.2) is 28.7 Å². The van der Waals surface area contributed by atoms with Crippen LogP contribution in [0.4, 0.5) is 5.69 Å². The molecule has 0 aliphatic heterocycles. The predicted octanol–water partition coefficient (Wildman–Crippen LogP) is 4.94. The van der Waals surface area contributed by atoms with Crippen molar-refractivity contribution in [2.75, 3.05) is 11.9 Å². The quantitative estimate of drug-likeness (QED) is 0.746. The molecule has 0 saturated heterocycles. The summed E-state index contributed by atoms with van der Waals surface area (Å²) in [5.41, 5.74) is 7.41. The molecule has 20 heavy (non-hydrogen) atoms. The van der Waals surface area contributed by atoms with Gasteiger partial charge in [0.15, 0.2) is 0 Å². The van der Waals surface area contributed by atoms with Crippen molar-refractivity contribution in [2.24, 2.45) is 11.7 Å². The first-order valence-electron chi connectivity index (χ1n) is 7.91. The highest BCUT2D eigenvalue weighted by molar-refractivity contribution is 9.10. The van der Waals surface area contributed by atoms with Gasteiger partial charge in [-0.1, -0.05) is 48.5 Å². The molecule has 0 amide bonds. The van der Waals surface area contributed by atoms with E-state index in [9.17, 15) is 0 Å². The zero-order valence-electron chi connectivity index (χ0n) is 12.5. The smallest absolute Gasteiger partial charge is 0.0495 e. The third-order valence-electron chi connectivity index (χ3n) is 4.64. The average molecular weight is 339 g/mol. The minimum Gasteiger partial charge on any atom is -0.378 e. The van der Waals surface area contributed by atoms with E-state index in [2.05, 4.69) is 52.4 Å². The minimum absolute atomic E-state index is 0.0936. The van der Waals surface area contributed by atoms with Crippen LogP contribution in [0, 0.1) is 5.92 Å². The van der Waals surface area contributed by atoms with Crippen molar-refractivity contribution in [3.8, 4) is 0 Å². The van der Waals surface area contributed by atoms with E-state index < -0.39 is 0 Å². The number of rotatable bonds is 5. The Hall–Kier alpha value is -0.540. The van der Waals surface area contributed by atoms with Crippen LogP contribution in [0.2, 0.25) is 0 Å². The monoisotopic (exact) mass is 338 g/mol. The van der Waals surface area contributed by atoms with Crippen molar-refractivity contribution in [3.63, 3.8) is 0 Å². The van der Waals surface area contributed by atoms with Crippen molar-refractivity contribution < 1.29 is 0 Å². The Labute approximate surface area is 131 Å². The third kappa shape index (κ3) is 4.23. The summed E-state index contributed by atoms with van der Waals surface area (Å²) >= 11 is 3.49. The summed E-state index contributed by atoms with van der Waals surface area (Å²) in [6, 6.07) is 8.44. The van der Waals surface area contributed by atoms with Crippen molar-refractivity contribution in [1.29, 1.82) is 0 Å². The fraction of sp³-hybridized carbons (Fsp3) is 0.647. The molecule has 0 spiro atoms. The van der Waals surface area contributed by atoms with Gasteiger partial charge in [0.05, 0.1) is 0 Å². The maximum absolute atomic E-state index is 6.13. The normalized spacial score (nSPS) is 27.1. The summed E-state index contributed by atoms with van der Waals surface area (Å²) in [7, 11) is 0. The van der Waals surface area contributed by atoms with Gasteiger partial charge in [-0.2, -0.15) is 0 Å². The fourth-order valence-corrected chi connectivity index (χ4v) is 3.66. The summed E-state index contributed by atoms with van der Waals surface area (Å²) in [6.07, 6.45) is 9.06. The van der Waals surface area contributed by atoms with Gasteiger partial charge in [0.25, 0.3) is 0 Å². The fourth-order valence-electron chi connectivity index (χ4n) is 3.40. The van der Waals surface area contributed by atoms with Gasteiger partial charge in [-0.05, 0) is 49.4 Å². The number of benzene rings is 1. The first-order valence-corrected chi connectivity index (χ1v) is 8.70. The molecule has 3 N–H and O–H groups in total. The molecule has 0 radical (unpaired) electrons. The summed E-state index contributed by atoms with van der Waals surface area (Å²) in [5, 5.41) is 3.73. The molecule has 112 valence electrons. The lowest BCUT2D eigenvalue weighted by Crippen LogP contribution is -2.45. The van der Waals surface area contributed by atoms with E-state index in [1.807, 2.05) is 0 Å². The number of hydrogen-bond acceptors (Lipinski definition) is 2. The Balaban J connectivity index is 2.03. The van der Waals surface area contributed by atoms with Gasteiger partial charge in [0, 0.05) is 22.2 Å². The molecule has 1 fully saturated rings. The zero-order valence-corrected chi connectivity index (χ0v) is 14.1. The Bertz CT molecular complexity index is 404.